The fourth-order valence-electron chi connectivity index (χ4n) is 2.99. The molecule has 1 aromatic heterocycles. The standard InChI is InChI=1S/C19H21ClN4O3/c1-11(21-12(2)25)15-7-4-8-17(22-15)24-19(26)23-16-9-10-27-18-13(16)5-3-6-14(18)20/h3-8,11,16H,9-10H2,1-2H3,(H,21,25)(H2,22,23,24,26)/t11-,16-/m0/s1. The number of rotatable bonds is 4. The van der Waals surface area contributed by atoms with E-state index < -0.39 is 0 Å². The van der Waals surface area contributed by atoms with E-state index in [0.717, 1.165) is 5.56 Å². The number of amides is 3. The Bertz CT molecular complexity index is 859. The van der Waals surface area contributed by atoms with Gasteiger partial charge in [-0.1, -0.05) is 29.8 Å². The molecular formula is C19H21ClN4O3. The molecule has 2 heterocycles. The molecule has 0 unspecified atom stereocenters. The Morgan fingerprint density at radius 3 is 2.81 bits per heavy atom. The average molecular weight is 389 g/mol. The Hall–Kier alpha value is -2.80. The van der Waals surface area contributed by atoms with Crippen LogP contribution in [0.4, 0.5) is 10.6 Å². The monoisotopic (exact) mass is 388 g/mol. The average Bonchev–Trinajstić information content (AvgIpc) is 2.62. The van der Waals surface area contributed by atoms with Crippen molar-refractivity contribution < 1.29 is 14.3 Å². The van der Waals surface area contributed by atoms with Crippen LogP contribution in [-0.2, 0) is 4.79 Å². The third-order valence-corrected chi connectivity index (χ3v) is 4.50. The van der Waals surface area contributed by atoms with Crippen LogP contribution in [0.25, 0.3) is 0 Å². The highest BCUT2D eigenvalue weighted by molar-refractivity contribution is 6.32. The summed E-state index contributed by atoms with van der Waals surface area (Å²) in [5.74, 6) is 0.873. The molecule has 1 aromatic carbocycles. The van der Waals surface area contributed by atoms with Crippen LogP contribution in [0.1, 0.15) is 43.6 Å². The topological polar surface area (TPSA) is 92.4 Å². The molecule has 3 rings (SSSR count). The molecule has 3 N–H and O–H groups in total. The van der Waals surface area contributed by atoms with Gasteiger partial charge in [-0.3, -0.25) is 10.1 Å². The number of nitrogens with zero attached hydrogens (tertiary/aromatic N) is 1. The Morgan fingerprint density at radius 1 is 1.26 bits per heavy atom. The van der Waals surface area contributed by atoms with Crippen LogP contribution in [0.2, 0.25) is 5.02 Å². The van der Waals surface area contributed by atoms with Crippen molar-refractivity contribution in [2.24, 2.45) is 0 Å². The van der Waals surface area contributed by atoms with Crippen molar-refractivity contribution in [3.63, 3.8) is 0 Å². The number of ether oxygens (including phenoxy) is 1. The molecular weight excluding hydrogens is 368 g/mol. The Labute approximate surface area is 162 Å². The number of benzene rings is 1. The lowest BCUT2D eigenvalue weighted by Gasteiger charge is -2.27. The van der Waals surface area contributed by atoms with E-state index in [9.17, 15) is 9.59 Å². The number of carbonyl (C=O) groups is 2. The summed E-state index contributed by atoms with van der Waals surface area (Å²) in [5, 5.41) is 8.96. The fraction of sp³-hybridized carbons (Fsp3) is 0.316. The summed E-state index contributed by atoms with van der Waals surface area (Å²) in [7, 11) is 0. The summed E-state index contributed by atoms with van der Waals surface area (Å²) < 4.78 is 5.61. The molecule has 0 saturated carbocycles. The molecule has 0 radical (unpaired) electrons. The van der Waals surface area contributed by atoms with Crippen molar-refractivity contribution in [2.75, 3.05) is 11.9 Å². The summed E-state index contributed by atoms with van der Waals surface area (Å²) in [6, 6.07) is 9.92. The maximum absolute atomic E-state index is 12.4. The van der Waals surface area contributed by atoms with Crippen LogP contribution < -0.4 is 20.7 Å². The van der Waals surface area contributed by atoms with Crippen molar-refractivity contribution >= 4 is 29.4 Å². The van der Waals surface area contributed by atoms with E-state index in [1.54, 1.807) is 24.3 Å². The lowest BCUT2D eigenvalue weighted by molar-refractivity contribution is -0.119. The van der Waals surface area contributed by atoms with Gasteiger partial charge in [0.2, 0.25) is 5.91 Å². The highest BCUT2D eigenvalue weighted by Crippen LogP contribution is 2.37. The first kappa shape index (κ1) is 19.0. The number of urea groups is 1. The van der Waals surface area contributed by atoms with Crippen molar-refractivity contribution in [3.8, 4) is 5.75 Å². The molecule has 3 amide bonds. The van der Waals surface area contributed by atoms with Gasteiger partial charge in [-0.25, -0.2) is 9.78 Å². The van der Waals surface area contributed by atoms with Crippen molar-refractivity contribution in [2.45, 2.75) is 32.4 Å². The lowest BCUT2D eigenvalue weighted by atomic mass is 10.0. The Kier molecular flexibility index (Phi) is 5.81. The second-order valence-electron chi connectivity index (χ2n) is 6.32. The van der Waals surface area contributed by atoms with Gasteiger partial charge in [0.1, 0.15) is 11.6 Å². The molecule has 0 fully saturated rings. The number of pyridine rings is 1. The number of nitrogens with one attached hydrogen (secondary N) is 3. The van der Waals surface area contributed by atoms with Crippen molar-refractivity contribution in [1.29, 1.82) is 0 Å². The highest BCUT2D eigenvalue weighted by Gasteiger charge is 2.24. The predicted molar refractivity (Wildman–Crippen MR) is 103 cm³/mol. The van der Waals surface area contributed by atoms with Gasteiger partial charge in [0.25, 0.3) is 0 Å². The molecule has 7 nitrogen and oxygen atoms in total. The van der Waals surface area contributed by atoms with Crippen molar-refractivity contribution in [3.05, 3.63) is 52.7 Å². The van der Waals surface area contributed by atoms with E-state index in [0.29, 0.717) is 35.3 Å². The van der Waals surface area contributed by atoms with Gasteiger partial charge in [-0.15, -0.1) is 0 Å². The van der Waals surface area contributed by atoms with Crippen LogP contribution in [-0.4, -0.2) is 23.5 Å². The van der Waals surface area contributed by atoms with Gasteiger partial charge >= 0.3 is 6.03 Å². The minimum absolute atomic E-state index is 0.141. The smallest absolute Gasteiger partial charge is 0.320 e. The lowest BCUT2D eigenvalue weighted by Crippen LogP contribution is -2.35. The van der Waals surface area contributed by atoms with E-state index in [4.69, 9.17) is 16.3 Å². The van der Waals surface area contributed by atoms with Crippen LogP contribution in [0.15, 0.2) is 36.4 Å². The van der Waals surface area contributed by atoms with Crippen LogP contribution in [0, 0.1) is 0 Å². The van der Waals surface area contributed by atoms with E-state index in [1.807, 2.05) is 19.1 Å². The summed E-state index contributed by atoms with van der Waals surface area (Å²) in [6.07, 6.45) is 0.647. The molecule has 1 aliphatic rings. The molecule has 1 aliphatic heterocycles. The number of halogens is 1. The van der Waals surface area contributed by atoms with Gasteiger partial charge in [0, 0.05) is 18.9 Å². The Morgan fingerprint density at radius 2 is 2.04 bits per heavy atom. The second kappa shape index (κ2) is 8.26. The third kappa shape index (κ3) is 4.68. The third-order valence-electron chi connectivity index (χ3n) is 4.21. The number of aromatic nitrogens is 1. The number of anilines is 1. The normalized spacial score (nSPS) is 16.5. The first-order valence-electron chi connectivity index (χ1n) is 8.67. The minimum atomic E-state index is -0.371. The van der Waals surface area contributed by atoms with Crippen LogP contribution in [0.5, 0.6) is 5.75 Å². The zero-order valence-electron chi connectivity index (χ0n) is 15.1. The number of carbonyl (C=O) groups excluding carboxylic acids is 2. The predicted octanol–water partition coefficient (Wildman–Crippen LogP) is 3.58. The largest absolute Gasteiger partial charge is 0.492 e. The zero-order chi connectivity index (χ0) is 19.4. The summed E-state index contributed by atoms with van der Waals surface area (Å²) in [6.45, 7) is 3.75. The molecule has 142 valence electrons. The van der Waals surface area contributed by atoms with E-state index >= 15 is 0 Å². The summed E-state index contributed by atoms with van der Waals surface area (Å²) in [5.41, 5.74) is 1.51. The van der Waals surface area contributed by atoms with Gasteiger partial charge in [0.05, 0.1) is 29.4 Å². The molecule has 0 bridgehead atoms. The fourth-order valence-corrected chi connectivity index (χ4v) is 3.22. The maximum atomic E-state index is 12.4. The molecule has 2 aromatic rings. The van der Waals surface area contributed by atoms with Crippen LogP contribution >= 0.6 is 11.6 Å². The van der Waals surface area contributed by atoms with Crippen LogP contribution in [0.3, 0.4) is 0 Å². The Balaban J connectivity index is 1.67. The molecule has 0 saturated heterocycles. The molecule has 27 heavy (non-hydrogen) atoms. The van der Waals surface area contributed by atoms with E-state index in [-0.39, 0.29) is 24.0 Å². The van der Waals surface area contributed by atoms with Gasteiger partial charge in [0.15, 0.2) is 0 Å². The molecule has 8 heteroatoms. The highest BCUT2D eigenvalue weighted by atomic mass is 35.5. The molecule has 0 spiro atoms. The SMILES string of the molecule is CC(=O)N[C@@H](C)c1cccc(NC(=O)N[C@H]2CCOc3c(Cl)cccc32)n1. The van der Waals surface area contributed by atoms with Gasteiger partial charge < -0.3 is 15.4 Å². The van der Waals surface area contributed by atoms with Gasteiger partial charge in [-0.2, -0.15) is 0 Å². The zero-order valence-corrected chi connectivity index (χ0v) is 15.8. The second-order valence-corrected chi connectivity index (χ2v) is 6.72. The summed E-state index contributed by atoms with van der Waals surface area (Å²) >= 11 is 6.16. The van der Waals surface area contributed by atoms with Gasteiger partial charge in [-0.05, 0) is 25.1 Å². The van der Waals surface area contributed by atoms with Crippen molar-refractivity contribution in [1.82, 2.24) is 15.6 Å². The number of fused-ring (bicyclic) bond motifs is 1. The molecule has 2 atom stereocenters. The maximum Gasteiger partial charge on any atom is 0.320 e. The van der Waals surface area contributed by atoms with E-state index in [2.05, 4.69) is 20.9 Å². The number of hydrogen-bond donors (Lipinski definition) is 3. The van der Waals surface area contributed by atoms with E-state index in [1.165, 1.54) is 6.92 Å². The summed E-state index contributed by atoms with van der Waals surface area (Å²) in [4.78, 5) is 28.0. The first-order valence-corrected chi connectivity index (χ1v) is 9.04. The quantitative estimate of drug-likeness (QED) is 0.746. The number of hydrogen-bond acceptors (Lipinski definition) is 4. The molecule has 0 aliphatic carbocycles. The first-order chi connectivity index (χ1) is 12.9. The number of para-hydroxylation sites is 1. The minimum Gasteiger partial charge on any atom is -0.492 e.